The molecule has 0 amide bonds. The fourth-order valence-electron chi connectivity index (χ4n) is 1.60. The quantitative estimate of drug-likeness (QED) is 0.775. The Labute approximate surface area is 101 Å². The topological polar surface area (TPSA) is 47.3 Å². The predicted octanol–water partition coefficient (Wildman–Crippen LogP) is 2.08. The first-order chi connectivity index (χ1) is 8.42. The van der Waals surface area contributed by atoms with E-state index in [2.05, 4.69) is 10.3 Å². The van der Waals surface area contributed by atoms with Crippen LogP contribution < -0.4 is 5.32 Å². The lowest BCUT2D eigenvalue weighted by Crippen LogP contribution is -2.19. The number of nitrogens with one attached hydrogen (secondary N) is 1. The van der Waals surface area contributed by atoms with Crippen LogP contribution in [0.2, 0.25) is 0 Å². The van der Waals surface area contributed by atoms with E-state index in [0.717, 1.165) is 23.6 Å². The highest BCUT2D eigenvalue weighted by atomic mass is 16.5. The Morgan fingerprint density at radius 1 is 1.29 bits per heavy atom. The van der Waals surface area contributed by atoms with Crippen molar-refractivity contribution in [3.8, 4) is 11.3 Å². The summed E-state index contributed by atoms with van der Waals surface area (Å²) in [5.74, 6) is 0.829. The van der Waals surface area contributed by atoms with Gasteiger partial charge >= 0.3 is 0 Å². The van der Waals surface area contributed by atoms with E-state index in [9.17, 15) is 0 Å². The number of ether oxygens (including phenoxy) is 1. The van der Waals surface area contributed by atoms with Gasteiger partial charge in [0.2, 0.25) is 0 Å². The minimum Gasteiger partial charge on any atom is -0.443 e. The van der Waals surface area contributed by atoms with Crippen molar-refractivity contribution >= 4 is 0 Å². The van der Waals surface area contributed by atoms with Crippen molar-refractivity contribution in [2.45, 2.75) is 6.54 Å². The van der Waals surface area contributed by atoms with Gasteiger partial charge in [-0.25, -0.2) is 4.98 Å². The van der Waals surface area contributed by atoms with E-state index < -0.39 is 0 Å². The van der Waals surface area contributed by atoms with E-state index in [0.29, 0.717) is 13.2 Å². The van der Waals surface area contributed by atoms with Crippen molar-refractivity contribution < 1.29 is 9.15 Å². The Hall–Kier alpha value is -1.65. The van der Waals surface area contributed by atoms with Gasteiger partial charge in [0.15, 0.2) is 12.2 Å². The van der Waals surface area contributed by atoms with Crippen LogP contribution in [0.5, 0.6) is 0 Å². The number of nitrogens with zero attached hydrogens (tertiary/aromatic N) is 1. The molecule has 0 aliphatic heterocycles. The third kappa shape index (κ3) is 3.15. The number of methoxy groups -OCH3 is 1. The molecule has 4 heteroatoms. The molecule has 1 N–H and O–H groups in total. The molecule has 0 saturated carbocycles. The fourth-order valence-corrected chi connectivity index (χ4v) is 1.60. The van der Waals surface area contributed by atoms with Gasteiger partial charge in [-0.05, 0) is 0 Å². The van der Waals surface area contributed by atoms with Gasteiger partial charge in [-0.1, -0.05) is 30.3 Å². The zero-order valence-electron chi connectivity index (χ0n) is 9.85. The molecule has 0 spiro atoms. The molecule has 2 aromatic rings. The summed E-state index contributed by atoms with van der Waals surface area (Å²) in [5.41, 5.74) is 1.97. The van der Waals surface area contributed by atoms with Gasteiger partial charge < -0.3 is 14.5 Å². The van der Waals surface area contributed by atoms with Gasteiger partial charge in [0.05, 0.1) is 6.61 Å². The van der Waals surface area contributed by atoms with Gasteiger partial charge in [0.25, 0.3) is 0 Å². The molecule has 0 saturated heterocycles. The van der Waals surface area contributed by atoms with Crippen LogP contribution in [-0.2, 0) is 11.3 Å². The average Bonchev–Trinajstić information content (AvgIpc) is 2.84. The largest absolute Gasteiger partial charge is 0.443 e. The van der Waals surface area contributed by atoms with Gasteiger partial charge in [0, 0.05) is 25.8 Å². The first-order valence-electron chi connectivity index (χ1n) is 5.59. The molecule has 4 nitrogen and oxygen atoms in total. The number of benzene rings is 1. The Balaban J connectivity index is 2.02. The van der Waals surface area contributed by atoms with E-state index in [4.69, 9.17) is 9.15 Å². The van der Waals surface area contributed by atoms with E-state index in [1.54, 1.807) is 7.11 Å². The highest BCUT2D eigenvalue weighted by Gasteiger charge is 2.09. The van der Waals surface area contributed by atoms with Crippen molar-refractivity contribution in [1.82, 2.24) is 10.3 Å². The Morgan fingerprint density at radius 3 is 2.88 bits per heavy atom. The smallest absolute Gasteiger partial charge is 0.181 e. The minimum atomic E-state index is 0.685. The molecular weight excluding hydrogens is 216 g/mol. The van der Waals surface area contributed by atoms with Gasteiger partial charge in [-0.15, -0.1) is 0 Å². The highest BCUT2D eigenvalue weighted by molar-refractivity contribution is 5.59. The second-order valence-corrected chi connectivity index (χ2v) is 3.66. The van der Waals surface area contributed by atoms with Crippen molar-refractivity contribution in [3.05, 3.63) is 42.4 Å². The van der Waals surface area contributed by atoms with Gasteiger partial charge in [0.1, 0.15) is 5.69 Å². The minimum absolute atomic E-state index is 0.685. The predicted molar refractivity (Wildman–Crippen MR) is 65.5 cm³/mol. The van der Waals surface area contributed by atoms with Crippen LogP contribution >= 0.6 is 0 Å². The first-order valence-corrected chi connectivity index (χ1v) is 5.59. The molecule has 17 heavy (non-hydrogen) atoms. The summed E-state index contributed by atoms with van der Waals surface area (Å²) in [6.07, 6.45) is 1.48. The lowest BCUT2D eigenvalue weighted by atomic mass is 10.1. The maximum Gasteiger partial charge on any atom is 0.181 e. The van der Waals surface area contributed by atoms with Crippen molar-refractivity contribution in [2.24, 2.45) is 0 Å². The summed E-state index contributed by atoms with van der Waals surface area (Å²) in [5, 5.41) is 3.25. The summed E-state index contributed by atoms with van der Waals surface area (Å²) >= 11 is 0. The zero-order valence-corrected chi connectivity index (χ0v) is 9.85. The summed E-state index contributed by atoms with van der Waals surface area (Å²) in [7, 11) is 1.69. The molecule has 2 rings (SSSR count). The molecule has 1 aromatic heterocycles. The number of hydrogen-bond donors (Lipinski definition) is 1. The molecule has 0 bridgehead atoms. The van der Waals surface area contributed by atoms with Crippen LogP contribution in [0, 0.1) is 0 Å². The second kappa shape index (κ2) is 6.18. The lowest BCUT2D eigenvalue weighted by molar-refractivity contribution is 0.199. The van der Waals surface area contributed by atoms with Crippen molar-refractivity contribution in [3.63, 3.8) is 0 Å². The Morgan fingerprint density at radius 2 is 2.12 bits per heavy atom. The lowest BCUT2D eigenvalue weighted by Gasteiger charge is -2.03. The van der Waals surface area contributed by atoms with Crippen molar-refractivity contribution in [2.75, 3.05) is 20.3 Å². The maximum atomic E-state index is 5.43. The maximum absolute atomic E-state index is 5.43. The molecule has 90 valence electrons. The standard InChI is InChI=1S/C13H16N2O2/c1-16-8-7-14-9-12-13(17-10-15-12)11-5-3-2-4-6-11/h2-6,10,14H,7-9H2,1H3. The van der Waals surface area contributed by atoms with E-state index >= 15 is 0 Å². The number of oxazole rings is 1. The molecule has 0 aliphatic carbocycles. The Bertz CT molecular complexity index is 440. The molecule has 0 aliphatic rings. The number of aromatic nitrogens is 1. The Kier molecular flexibility index (Phi) is 4.30. The molecule has 0 unspecified atom stereocenters. The summed E-state index contributed by atoms with van der Waals surface area (Å²) < 4.78 is 10.4. The summed E-state index contributed by atoms with van der Waals surface area (Å²) in [6, 6.07) is 9.98. The van der Waals surface area contributed by atoms with E-state index in [1.165, 1.54) is 6.39 Å². The third-order valence-electron chi connectivity index (χ3n) is 2.45. The molecule has 0 radical (unpaired) electrons. The number of rotatable bonds is 6. The van der Waals surface area contributed by atoms with Crippen LogP contribution in [0.15, 0.2) is 41.1 Å². The van der Waals surface area contributed by atoms with Crippen LogP contribution in [0.25, 0.3) is 11.3 Å². The average molecular weight is 232 g/mol. The van der Waals surface area contributed by atoms with Crippen LogP contribution in [0.3, 0.4) is 0 Å². The van der Waals surface area contributed by atoms with Crippen molar-refractivity contribution in [1.29, 1.82) is 0 Å². The fraction of sp³-hybridized carbons (Fsp3) is 0.308. The summed E-state index contributed by atoms with van der Waals surface area (Å²) in [4.78, 5) is 4.22. The van der Waals surface area contributed by atoms with Crippen LogP contribution in [0.4, 0.5) is 0 Å². The molecular formula is C13H16N2O2. The van der Waals surface area contributed by atoms with Crippen LogP contribution in [-0.4, -0.2) is 25.2 Å². The van der Waals surface area contributed by atoms with Gasteiger partial charge in [-0.2, -0.15) is 0 Å². The monoisotopic (exact) mass is 232 g/mol. The molecule has 1 aromatic carbocycles. The molecule has 0 atom stereocenters. The third-order valence-corrected chi connectivity index (χ3v) is 2.45. The first kappa shape index (κ1) is 11.8. The zero-order chi connectivity index (χ0) is 11.9. The van der Waals surface area contributed by atoms with E-state index in [-0.39, 0.29) is 0 Å². The molecule has 1 heterocycles. The normalized spacial score (nSPS) is 10.6. The second-order valence-electron chi connectivity index (χ2n) is 3.66. The highest BCUT2D eigenvalue weighted by Crippen LogP contribution is 2.22. The SMILES string of the molecule is COCCNCc1ncoc1-c1ccccc1. The summed E-state index contributed by atoms with van der Waals surface area (Å²) in [6.45, 7) is 2.18. The number of hydrogen-bond acceptors (Lipinski definition) is 4. The van der Waals surface area contributed by atoms with Gasteiger partial charge in [-0.3, -0.25) is 0 Å². The van der Waals surface area contributed by atoms with Crippen LogP contribution in [0.1, 0.15) is 5.69 Å². The molecule has 0 fully saturated rings. The van der Waals surface area contributed by atoms with E-state index in [1.807, 2.05) is 30.3 Å².